The van der Waals surface area contributed by atoms with Crippen molar-refractivity contribution in [2.24, 2.45) is 11.8 Å². The molecule has 1 aliphatic carbocycles. The molecular weight excluding hydrogens is 328 g/mol. The fraction of sp³-hybridized carbons (Fsp3) is 0.619. The molecular formula is C21H28N2O3. The SMILES string of the molecule is O=C(CCN1CCCCC1=O)N[C@@H]1[C@@H](Cc2ccccc2)[C@H]2OCC[C@@H]12. The van der Waals surface area contributed by atoms with E-state index in [0.717, 1.165) is 38.8 Å². The zero-order valence-corrected chi connectivity index (χ0v) is 15.2. The number of hydrogen-bond donors (Lipinski definition) is 1. The van der Waals surface area contributed by atoms with Gasteiger partial charge in [0, 0.05) is 50.4 Å². The highest BCUT2D eigenvalue weighted by molar-refractivity contribution is 5.79. The Morgan fingerprint density at radius 3 is 2.88 bits per heavy atom. The van der Waals surface area contributed by atoms with Crippen LogP contribution >= 0.6 is 0 Å². The van der Waals surface area contributed by atoms with Gasteiger partial charge in [0.2, 0.25) is 11.8 Å². The van der Waals surface area contributed by atoms with Crippen LogP contribution in [0.5, 0.6) is 0 Å². The van der Waals surface area contributed by atoms with E-state index in [1.54, 1.807) is 0 Å². The first-order valence-electron chi connectivity index (χ1n) is 9.95. The largest absolute Gasteiger partial charge is 0.377 e. The normalized spacial score (nSPS) is 30.6. The third-order valence-electron chi connectivity index (χ3n) is 6.20. The number of amides is 2. The number of ether oxygens (including phenoxy) is 1. The second-order valence-electron chi connectivity index (χ2n) is 7.82. The van der Waals surface area contributed by atoms with E-state index in [0.29, 0.717) is 31.2 Å². The molecule has 0 bridgehead atoms. The van der Waals surface area contributed by atoms with Crippen molar-refractivity contribution < 1.29 is 14.3 Å². The van der Waals surface area contributed by atoms with Crippen LogP contribution in [-0.4, -0.2) is 48.6 Å². The predicted molar refractivity (Wildman–Crippen MR) is 98.5 cm³/mol. The van der Waals surface area contributed by atoms with Gasteiger partial charge in [0.15, 0.2) is 0 Å². The minimum Gasteiger partial charge on any atom is -0.377 e. The Morgan fingerprint density at radius 1 is 1.23 bits per heavy atom. The maximum Gasteiger partial charge on any atom is 0.222 e. The number of hydrogen-bond acceptors (Lipinski definition) is 3. The molecule has 1 N–H and O–H groups in total. The lowest BCUT2D eigenvalue weighted by molar-refractivity contribution is -0.134. The van der Waals surface area contributed by atoms with Gasteiger partial charge in [-0.15, -0.1) is 0 Å². The van der Waals surface area contributed by atoms with Gasteiger partial charge in [-0.2, -0.15) is 0 Å². The van der Waals surface area contributed by atoms with Crippen LogP contribution in [0.1, 0.15) is 37.7 Å². The quantitative estimate of drug-likeness (QED) is 0.850. The van der Waals surface area contributed by atoms with Gasteiger partial charge in [0.25, 0.3) is 0 Å². The van der Waals surface area contributed by atoms with E-state index in [2.05, 4.69) is 29.6 Å². The van der Waals surface area contributed by atoms with E-state index in [9.17, 15) is 9.59 Å². The summed E-state index contributed by atoms with van der Waals surface area (Å²) in [6, 6.07) is 10.6. The summed E-state index contributed by atoms with van der Waals surface area (Å²) < 4.78 is 5.91. The maximum absolute atomic E-state index is 12.5. The topological polar surface area (TPSA) is 58.6 Å². The van der Waals surface area contributed by atoms with Crippen LogP contribution in [0, 0.1) is 11.8 Å². The lowest BCUT2D eigenvalue weighted by Gasteiger charge is -2.48. The standard InChI is InChI=1S/C21H28N2O3/c24-18(9-12-23-11-5-4-8-19(23)25)22-20-16-10-13-26-21(16)17(20)14-15-6-2-1-3-7-15/h1-3,6-7,16-17,20-21H,4-5,8-14H2,(H,22,24)/t16-,17+,20-,21-/m0/s1. The number of piperidine rings is 1. The molecule has 2 saturated heterocycles. The second kappa shape index (κ2) is 7.78. The molecule has 2 amide bonds. The summed E-state index contributed by atoms with van der Waals surface area (Å²) in [4.78, 5) is 26.2. The molecule has 2 heterocycles. The van der Waals surface area contributed by atoms with Crippen LogP contribution < -0.4 is 5.32 Å². The summed E-state index contributed by atoms with van der Waals surface area (Å²) >= 11 is 0. The van der Waals surface area contributed by atoms with Crippen LogP contribution in [0.3, 0.4) is 0 Å². The zero-order valence-electron chi connectivity index (χ0n) is 15.2. The molecule has 26 heavy (non-hydrogen) atoms. The zero-order chi connectivity index (χ0) is 17.9. The minimum atomic E-state index is 0.0665. The van der Waals surface area contributed by atoms with Crippen molar-refractivity contribution in [2.75, 3.05) is 19.7 Å². The van der Waals surface area contributed by atoms with E-state index in [1.165, 1.54) is 5.56 Å². The molecule has 4 atom stereocenters. The molecule has 0 aromatic heterocycles. The molecule has 5 heteroatoms. The number of likely N-dealkylation sites (tertiary alicyclic amines) is 1. The smallest absolute Gasteiger partial charge is 0.222 e. The highest BCUT2D eigenvalue weighted by Crippen LogP contribution is 2.45. The van der Waals surface area contributed by atoms with Crippen LogP contribution in [0.25, 0.3) is 0 Å². The summed E-state index contributed by atoms with van der Waals surface area (Å²) in [5, 5.41) is 3.26. The first-order chi connectivity index (χ1) is 12.7. The molecule has 1 aromatic rings. The van der Waals surface area contributed by atoms with Crippen molar-refractivity contribution in [3.63, 3.8) is 0 Å². The predicted octanol–water partition coefficient (Wildman–Crippen LogP) is 2.15. The molecule has 140 valence electrons. The van der Waals surface area contributed by atoms with Gasteiger partial charge >= 0.3 is 0 Å². The van der Waals surface area contributed by atoms with Gasteiger partial charge in [-0.3, -0.25) is 9.59 Å². The molecule has 1 saturated carbocycles. The minimum absolute atomic E-state index is 0.0665. The van der Waals surface area contributed by atoms with Crippen LogP contribution in [0.4, 0.5) is 0 Å². The summed E-state index contributed by atoms with van der Waals surface area (Å²) in [6.45, 7) is 2.14. The third-order valence-corrected chi connectivity index (χ3v) is 6.20. The van der Waals surface area contributed by atoms with Gasteiger partial charge in [-0.05, 0) is 31.2 Å². The molecule has 0 unspecified atom stereocenters. The van der Waals surface area contributed by atoms with Crippen molar-refractivity contribution in [2.45, 2.75) is 50.7 Å². The molecule has 3 fully saturated rings. The lowest BCUT2D eigenvalue weighted by atomic mass is 9.64. The van der Waals surface area contributed by atoms with Crippen molar-refractivity contribution in [1.29, 1.82) is 0 Å². The van der Waals surface area contributed by atoms with Gasteiger partial charge in [-0.25, -0.2) is 0 Å². The van der Waals surface area contributed by atoms with Crippen molar-refractivity contribution in [3.8, 4) is 0 Å². The van der Waals surface area contributed by atoms with Crippen molar-refractivity contribution in [3.05, 3.63) is 35.9 Å². The number of nitrogens with one attached hydrogen (secondary N) is 1. The monoisotopic (exact) mass is 356 g/mol. The second-order valence-corrected chi connectivity index (χ2v) is 7.82. The van der Waals surface area contributed by atoms with Crippen LogP contribution in [0.2, 0.25) is 0 Å². The number of benzene rings is 1. The average Bonchev–Trinajstić information content (AvgIpc) is 3.09. The van der Waals surface area contributed by atoms with E-state index in [4.69, 9.17) is 4.74 Å². The third kappa shape index (κ3) is 3.63. The number of carbonyl (C=O) groups excluding carboxylic acids is 2. The molecule has 2 aliphatic heterocycles. The van der Waals surface area contributed by atoms with Crippen molar-refractivity contribution in [1.82, 2.24) is 10.2 Å². The van der Waals surface area contributed by atoms with E-state index in [1.807, 2.05) is 11.0 Å². The molecule has 4 rings (SSSR count). The molecule has 3 aliphatic rings. The van der Waals surface area contributed by atoms with Gasteiger partial charge in [0.1, 0.15) is 0 Å². The maximum atomic E-state index is 12.5. The highest BCUT2D eigenvalue weighted by atomic mass is 16.5. The van der Waals surface area contributed by atoms with E-state index < -0.39 is 0 Å². The van der Waals surface area contributed by atoms with Gasteiger partial charge < -0.3 is 15.0 Å². The Balaban J connectivity index is 1.31. The number of rotatable bonds is 6. The Bertz CT molecular complexity index is 648. The summed E-state index contributed by atoms with van der Waals surface area (Å²) in [5.41, 5.74) is 1.30. The first-order valence-corrected chi connectivity index (χ1v) is 9.95. The number of nitrogens with zero attached hydrogens (tertiary/aromatic N) is 1. The van der Waals surface area contributed by atoms with E-state index in [-0.39, 0.29) is 24.0 Å². The van der Waals surface area contributed by atoms with Crippen LogP contribution in [0.15, 0.2) is 30.3 Å². The fourth-order valence-corrected chi connectivity index (χ4v) is 4.77. The first kappa shape index (κ1) is 17.5. The van der Waals surface area contributed by atoms with Crippen molar-refractivity contribution >= 4 is 11.8 Å². The molecule has 0 spiro atoms. The molecule has 1 aromatic carbocycles. The van der Waals surface area contributed by atoms with Gasteiger partial charge in [0.05, 0.1) is 6.10 Å². The van der Waals surface area contributed by atoms with E-state index >= 15 is 0 Å². The number of carbonyl (C=O) groups is 2. The Hall–Kier alpha value is -1.88. The Kier molecular flexibility index (Phi) is 5.25. The highest BCUT2D eigenvalue weighted by Gasteiger charge is 2.53. The Morgan fingerprint density at radius 2 is 2.08 bits per heavy atom. The molecule has 0 radical (unpaired) electrons. The summed E-state index contributed by atoms with van der Waals surface area (Å²) in [6.07, 6.45) is 5.32. The number of fused-ring (bicyclic) bond motifs is 1. The average molecular weight is 356 g/mol. The molecule has 5 nitrogen and oxygen atoms in total. The lowest BCUT2D eigenvalue weighted by Crippen LogP contribution is -2.62. The summed E-state index contributed by atoms with van der Waals surface area (Å²) in [7, 11) is 0. The summed E-state index contributed by atoms with van der Waals surface area (Å²) in [5.74, 6) is 1.06. The Labute approximate surface area is 155 Å². The fourth-order valence-electron chi connectivity index (χ4n) is 4.77. The van der Waals surface area contributed by atoms with Gasteiger partial charge in [-0.1, -0.05) is 30.3 Å². The van der Waals surface area contributed by atoms with Crippen LogP contribution in [-0.2, 0) is 20.7 Å².